The summed E-state index contributed by atoms with van der Waals surface area (Å²) in [6.45, 7) is 6.09. The standard InChI is InChI=1S/C16H24N2/c1-14(15-8-5-4-6-9-15)12-17-13-16(18(2)3)10-7-11-16/h4-6,8-9,17H,1,7,10-13H2,2-3H3. The second-order valence-electron chi connectivity index (χ2n) is 5.55. The Labute approximate surface area is 111 Å². The van der Waals surface area contributed by atoms with E-state index in [1.54, 1.807) is 0 Å². The smallest absolute Gasteiger partial charge is 0.0328 e. The summed E-state index contributed by atoms with van der Waals surface area (Å²) in [5.41, 5.74) is 2.79. The van der Waals surface area contributed by atoms with Crippen LogP contribution in [0.2, 0.25) is 0 Å². The number of hydrogen-bond acceptors (Lipinski definition) is 2. The van der Waals surface area contributed by atoms with Gasteiger partial charge in [0.2, 0.25) is 0 Å². The van der Waals surface area contributed by atoms with Crippen molar-refractivity contribution in [2.75, 3.05) is 27.2 Å². The molecule has 1 aliphatic carbocycles. The molecule has 0 amide bonds. The van der Waals surface area contributed by atoms with Gasteiger partial charge in [-0.05, 0) is 44.5 Å². The van der Waals surface area contributed by atoms with Gasteiger partial charge in [0.25, 0.3) is 0 Å². The Morgan fingerprint density at radius 3 is 2.44 bits per heavy atom. The van der Waals surface area contributed by atoms with Crippen molar-refractivity contribution in [2.24, 2.45) is 0 Å². The van der Waals surface area contributed by atoms with E-state index in [9.17, 15) is 0 Å². The maximum Gasteiger partial charge on any atom is 0.0328 e. The zero-order valence-electron chi connectivity index (χ0n) is 11.6. The minimum Gasteiger partial charge on any atom is -0.311 e. The molecule has 0 atom stereocenters. The molecule has 0 unspecified atom stereocenters. The molecular formula is C16H24N2. The van der Waals surface area contributed by atoms with Gasteiger partial charge in [0, 0.05) is 18.6 Å². The number of nitrogens with zero attached hydrogens (tertiary/aromatic N) is 1. The average molecular weight is 244 g/mol. The lowest BCUT2D eigenvalue weighted by atomic mass is 9.75. The van der Waals surface area contributed by atoms with Gasteiger partial charge in [0.1, 0.15) is 0 Å². The fourth-order valence-corrected chi connectivity index (χ4v) is 2.59. The van der Waals surface area contributed by atoms with E-state index in [1.807, 2.05) is 6.07 Å². The van der Waals surface area contributed by atoms with Crippen molar-refractivity contribution < 1.29 is 0 Å². The van der Waals surface area contributed by atoms with E-state index in [0.717, 1.165) is 13.1 Å². The molecule has 1 N–H and O–H groups in total. The Hall–Kier alpha value is -1.12. The van der Waals surface area contributed by atoms with Crippen LogP contribution in [0.3, 0.4) is 0 Å². The van der Waals surface area contributed by atoms with Gasteiger partial charge in [-0.25, -0.2) is 0 Å². The third-order valence-corrected chi connectivity index (χ3v) is 4.21. The molecule has 2 nitrogen and oxygen atoms in total. The van der Waals surface area contributed by atoms with Crippen LogP contribution in [0.4, 0.5) is 0 Å². The molecule has 0 heterocycles. The predicted octanol–water partition coefficient (Wildman–Crippen LogP) is 2.77. The summed E-state index contributed by atoms with van der Waals surface area (Å²) in [6, 6.07) is 10.4. The Bertz CT molecular complexity index is 391. The van der Waals surface area contributed by atoms with E-state index in [1.165, 1.54) is 30.4 Å². The van der Waals surface area contributed by atoms with Gasteiger partial charge < -0.3 is 10.2 Å². The summed E-state index contributed by atoms with van der Waals surface area (Å²) >= 11 is 0. The van der Waals surface area contributed by atoms with Gasteiger partial charge in [-0.1, -0.05) is 36.9 Å². The zero-order valence-corrected chi connectivity index (χ0v) is 11.6. The molecule has 1 aromatic rings. The van der Waals surface area contributed by atoms with Gasteiger partial charge in [0.15, 0.2) is 0 Å². The number of nitrogens with one attached hydrogen (secondary N) is 1. The van der Waals surface area contributed by atoms with Crippen molar-refractivity contribution >= 4 is 5.57 Å². The van der Waals surface area contributed by atoms with E-state index in [-0.39, 0.29) is 0 Å². The number of likely N-dealkylation sites (N-methyl/N-ethyl adjacent to an activating group) is 1. The second-order valence-corrected chi connectivity index (χ2v) is 5.55. The summed E-state index contributed by atoms with van der Waals surface area (Å²) in [4.78, 5) is 2.37. The van der Waals surface area contributed by atoms with E-state index < -0.39 is 0 Å². The molecule has 0 bridgehead atoms. The normalized spacial score (nSPS) is 17.5. The van der Waals surface area contributed by atoms with Crippen LogP contribution in [0.1, 0.15) is 24.8 Å². The maximum absolute atomic E-state index is 4.16. The fourth-order valence-electron chi connectivity index (χ4n) is 2.59. The molecule has 2 rings (SSSR count). The highest BCUT2D eigenvalue weighted by Gasteiger charge is 2.38. The number of benzene rings is 1. The minimum atomic E-state index is 0.386. The summed E-state index contributed by atoms with van der Waals surface area (Å²) in [7, 11) is 4.37. The van der Waals surface area contributed by atoms with Gasteiger partial charge >= 0.3 is 0 Å². The van der Waals surface area contributed by atoms with Crippen molar-refractivity contribution in [1.82, 2.24) is 10.2 Å². The van der Waals surface area contributed by atoms with Crippen molar-refractivity contribution in [3.63, 3.8) is 0 Å². The van der Waals surface area contributed by atoms with Gasteiger partial charge in [-0.3, -0.25) is 0 Å². The molecule has 1 saturated carbocycles. The molecule has 1 fully saturated rings. The van der Waals surface area contributed by atoms with Gasteiger partial charge in [-0.15, -0.1) is 0 Å². The first-order valence-electron chi connectivity index (χ1n) is 6.75. The molecule has 0 aliphatic heterocycles. The molecule has 18 heavy (non-hydrogen) atoms. The maximum atomic E-state index is 4.16. The average Bonchev–Trinajstić information content (AvgIpc) is 2.33. The minimum absolute atomic E-state index is 0.386. The Balaban J connectivity index is 1.80. The Morgan fingerprint density at radius 1 is 1.28 bits per heavy atom. The van der Waals surface area contributed by atoms with E-state index in [4.69, 9.17) is 0 Å². The van der Waals surface area contributed by atoms with Crippen molar-refractivity contribution in [1.29, 1.82) is 0 Å². The van der Waals surface area contributed by atoms with Crippen LogP contribution in [-0.4, -0.2) is 37.6 Å². The number of rotatable bonds is 6. The first-order valence-corrected chi connectivity index (χ1v) is 6.75. The summed E-state index contributed by atoms with van der Waals surface area (Å²) in [5.74, 6) is 0. The predicted molar refractivity (Wildman–Crippen MR) is 78.6 cm³/mol. The van der Waals surface area contributed by atoms with Crippen molar-refractivity contribution in [2.45, 2.75) is 24.8 Å². The highest BCUT2D eigenvalue weighted by molar-refractivity contribution is 5.64. The number of hydrogen-bond donors (Lipinski definition) is 1. The molecule has 0 saturated heterocycles. The fraction of sp³-hybridized carbons (Fsp3) is 0.500. The molecular weight excluding hydrogens is 220 g/mol. The first-order chi connectivity index (χ1) is 8.64. The molecule has 0 aromatic heterocycles. The SMILES string of the molecule is C=C(CNCC1(N(C)C)CCC1)c1ccccc1. The first kappa shape index (κ1) is 13.3. The Morgan fingerprint density at radius 2 is 1.94 bits per heavy atom. The highest BCUT2D eigenvalue weighted by Crippen LogP contribution is 2.35. The monoisotopic (exact) mass is 244 g/mol. The lowest BCUT2D eigenvalue weighted by Crippen LogP contribution is -2.56. The zero-order chi connectivity index (χ0) is 13.0. The molecule has 98 valence electrons. The van der Waals surface area contributed by atoms with Crippen LogP contribution in [0.15, 0.2) is 36.9 Å². The third kappa shape index (κ3) is 2.82. The van der Waals surface area contributed by atoms with Crippen LogP contribution < -0.4 is 5.32 Å². The van der Waals surface area contributed by atoms with Crippen molar-refractivity contribution in [3.8, 4) is 0 Å². The van der Waals surface area contributed by atoms with Crippen molar-refractivity contribution in [3.05, 3.63) is 42.5 Å². The van der Waals surface area contributed by atoms with Crippen LogP contribution in [0.5, 0.6) is 0 Å². The van der Waals surface area contributed by atoms with Crippen LogP contribution >= 0.6 is 0 Å². The highest BCUT2D eigenvalue weighted by atomic mass is 15.2. The van der Waals surface area contributed by atoms with E-state index in [0.29, 0.717) is 5.54 Å². The lowest BCUT2D eigenvalue weighted by Gasteiger charge is -2.47. The van der Waals surface area contributed by atoms with Crippen LogP contribution in [0.25, 0.3) is 5.57 Å². The van der Waals surface area contributed by atoms with E-state index >= 15 is 0 Å². The third-order valence-electron chi connectivity index (χ3n) is 4.21. The van der Waals surface area contributed by atoms with Crippen LogP contribution in [-0.2, 0) is 0 Å². The second kappa shape index (κ2) is 5.68. The molecule has 1 aromatic carbocycles. The Kier molecular flexibility index (Phi) is 4.20. The summed E-state index contributed by atoms with van der Waals surface area (Å²) in [6.07, 6.45) is 3.98. The van der Waals surface area contributed by atoms with Gasteiger partial charge in [0.05, 0.1) is 0 Å². The summed E-state index contributed by atoms with van der Waals surface area (Å²) < 4.78 is 0. The van der Waals surface area contributed by atoms with Gasteiger partial charge in [-0.2, -0.15) is 0 Å². The molecule has 1 aliphatic rings. The van der Waals surface area contributed by atoms with E-state index in [2.05, 4.69) is 55.2 Å². The summed E-state index contributed by atoms with van der Waals surface area (Å²) in [5, 5.41) is 3.57. The molecule has 0 spiro atoms. The molecule has 2 heteroatoms. The quantitative estimate of drug-likeness (QED) is 0.828. The topological polar surface area (TPSA) is 15.3 Å². The largest absolute Gasteiger partial charge is 0.311 e. The van der Waals surface area contributed by atoms with Crippen LogP contribution in [0, 0.1) is 0 Å². The lowest BCUT2D eigenvalue weighted by molar-refractivity contribution is 0.0613. The molecule has 0 radical (unpaired) electrons.